The molecule has 140 valence electrons. The van der Waals surface area contributed by atoms with Crippen LogP contribution in [-0.4, -0.2) is 11.2 Å². The molecule has 1 saturated carbocycles. The Balaban J connectivity index is 0.00000243. The smallest absolute Gasteiger partial charge is 0.228 e. The van der Waals surface area contributed by atoms with Crippen LogP contribution in [0.5, 0.6) is 0 Å². The van der Waals surface area contributed by atoms with Crippen molar-refractivity contribution in [3.05, 3.63) is 53.6 Å². The Morgan fingerprint density at radius 3 is 2.46 bits per heavy atom. The molecule has 1 fully saturated rings. The predicted octanol–water partition coefficient (Wildman–Crippen LogP) is 5.61. The Labute approximate surface area is 166 Å². The Morgan fingerprint density at radius 1 is 1.12 bits per heavy atom. The first kappa shape index (κ1) is 20.7. The van der Waals surface area contributed by atoms with Gasteiger partial charge in [-0.25, -0.2) is 0 Å². The number of carbonyl (C=O) groups is 1. The number of aryl methyl sites for hydroxylation is 1. The van der Waals surface area contributed by atoms with Gasteiger partial charge in [-0.3, -0.25) is 4.79 Å². The molecule has 3 N–H and O–H groups in total. The van der Waals surface area contributed by atoms with Gasteiger partial charge in [0.2, 0.25) is 5.91 Å². The highest BCUT2D eigenvalue weighted by molar-refractivity contribution is 8.00. The van der Waals surface area contributed by atoms with Crippen molar-refractivity contribution in [3.63, 3.8) is 0 Å². The molecule has 1 amide bonds. The maximum absolute atomic E-state index is 12.3. The second-order valence-electron chi connectivity index (χ2n) is 6.82. The highest BCUT2D eigenvalue weighted by atomic mass is 35.5. The Bertz CT molecular complexity index is 727. The predicted molar refractivity (Wildman–Crippen MR) is 114 cm³/mol. The number of amides is 1. The normalized spacial score (nSPS) is 14.5. The highest BCUT2D eigenvalue weighted by Gasteiger charge is 2.15. The minimum absolute atomic E-state index is 0. The van der Waals surface area contributed by atoms with E-state index in [0.29, 0.717) is 12.1 Å². The molecule has 0 aromatic heterocycles. The van der Waals surface area contributed by atoms with Gasteiger partial charge in [0, 0.05) is 21.5 Å². The van der Waals surface area contributed by atoms with Crippen molar-refractivity contribution in [2.24, 2.45) is 0 Å². The van der Waals surface area contributed by atoms with Gasteiger partial charge >= 0.3 is 0 Å². The van der Waals surface area contributed by atoms with Gasteiger partial charge in [-0.1, -0.05) is 31.4 Å². The minimum atomic E-state index is 0. The van der Waals surface area contributed by atoms with E-state index in [4.69, 9.17) is 5.73 Å². The molecule has 5 heteroatoms. The molecule has 0 spiro atoms. The molecule has 3 nitrogen and oxygen atoms in total. The largest absolute Gasteiger partial charge is 0.399 e. The van der Waals surface area contributed by atoms with Gasteiger partial charge in [0.15, 0.2) is 0 Å². The number of hydrogen-bond donors (Lipinski definition) is 2. The number of halogens is 1. The van der Waals surface area contributed by atoms with Crippen molar-refractivity contribution < 1.29 is 4.79 Å². The summed E-state index contributed by atoms with van der Waals surface area (Å²) in [7, 11) is 0. The summed E-state index contributed by atoms with van der Waals surface area (Å²) in [5.41, 5.74) is 9.37. The first-order valence-corrected chi connectivity index (χ1v) is 9.90. The summed E-state index contributed by atoms with van der Waals surface area (Å²) in [5, 5.41) is 3.77. The van der Waals surface area contributed by atoms with E-state index in [1.165, 1.54) is 37.0 Å². The van der Waals surface area contributed by atoms with Crippen LogP contribution in [0.3, 0.4) is 0 Å². The lowest BCUT2D eigenvalue weighted by Gasteiger charge is -2.21. The number of benzene rings is 2. The van der Waals surface area contributed by atoms with Crippen molar-refractivity contribution in [3.8, 4) is 0 Å². The van der Waals surface area contributed by atoms with Crippen LogP contribution in [0.15, 0.2) is 47.4 Å². The Kier molecular flexibility index (Phi) is 7.85. The van der Waals surface area contributed by atoms with Crippen LogP contribution in [0.1, 0.15) is 43.2 Å². The lowest BCUT2D eigenvalue weighted by atomic mass is 10.0. The average Bonchev–Trinajstić information content (AvgIpc) is 2.60. The Morgan fingerprint density at radius 2 is 1.81 bits per heavy atom. The topological polar surface area (TPSA) is 55.1 Å². The molecule has 26 heavy (non-hydrogen) atoms. The monoisotopic (exact) mass is 390 g/mol. The van der Waals surface area contributed by atoms with Crippen molar-refractivity contribution >= 4 is 41.5 Å². The van der Waals surface area contributed by atoms with Gasteiger partial charge in [-0.2, -0.15) is 0 Å². The van der Waals surface area contributed by atoms with Crippen LogP contribution >= 0.6 is 24.2 Å². The molecule has 3 rings (SSSR count). The minimum Gasteiger partial charge on any atom is -0.399 e. The molecule has 0 saturated heterocycles. The molecule has 0 atom stereocenters. The summed E-state index contributed by atoms with van der Waals surface area (Å²) >= 11 is 1.99. The van der Waals surface area contributed by atoms with E-state index in [1.807, 2.05) is 42.1 Å². The van der Waals surface area contributed by atoms with Gasteiger partial charge in [0.05, 0.1) is 6.42 Å². The SMILES string of the molecule is Cc1cc(SC2CCCCC2)ccc1NC(=O)Cc1ccc(N)cc1.Cl. The third-order valence-corrected chi connectivity index (χ3v) is 6.00. The zero-order valence-electron chi connectivity index (χ0n) is 15.2. The molecule has 0 aliphatic heterocycles. The van der Waals surface area contributed by atoms with Crippen molar-refractivity contribution in [1.29, 1.82) is 0 Å². The molecule has 0 radical (unpaired) electrons. The zero-order valence-corrected chi connectivity index (χ0v) is 16.8. The highest BCUT2D eigenvalue weighted by Crippen LogP contribution is 2.34. The third-order valence-electron chi connectivity index (χ3n) is 4.67. The second-order valence-corrected chi connectivity index (χ2v) is 8.19. The van der Waals surface area contributed by atoms with Crippen molar-refractivity contribution in [2.75, 3.05) is 11.1 Å². The van der Waals surface area contributed by atoms with Crippen LogP contribution in [0, 0.1) is 6.92 Å². The summed E-state index contributed by atoms with van der Waals surface area (Å²) in [5.74, 6) is 0.000514. The zero-order chi connectivity index (χ0) is 17.6. The van der Waals surface area contributed by atoms with E-state index in [1.54, 1.807) is 0 Å². The molecule has 2 aromatic rings. The summed E-state index contributed by atoms with van der Waals surface area (Å²) in [6.45, 7) is 2.06. The van der Waals surface area contributed by atoms with Gasteiger partial charge in [0.1, 0.15) is 0 Å². The summed E-state index contributed by atoms with van der Waals surface area (Å²) in [6, 6.07) is 13.8. The molecule has 0 bridgehead atoms. The van der Waals surface area contributed by atoms with Gasteiger partial charge < -0.3 is 11.1 Å². The lowest BCUT2D eigenvalue weighted by Crippen LogP contribution is -2.15. The number of rotatable bonds is 5. The summed E-state index contributed by atoms with van der Waals surface area (Å²) in [6.07, 6.45) is 7.10. The van der Waals surface area contributed by atoms with E-state index in [-0.39, 0.29) is 18.3 Å². The number of carbonyl (C=O) groups excluding carboxylic acids is 1. The fraction of sp³-hybridized carbons (Fsp3) is 0.381. The second kappa shape index (κ2) is 9.89. The molecule has 0 unspecified atom stereocenters. The number of nitrogen functional groups attached to an aromatic ring is 1. The quantitative estimate of drug-likeness (QED) is 0.653. The van der Waals surface area contributed by atoms with Crippen LogP contribution in [-0.2, 0) is 11.2 Å². The first-order chi connectivity index (χ1) is 12.1. The van der Waals surface area contributed by atoms with Crippen LogP contribution in [0.4, 0.5) is 11.4 Å². The maximum atomic E-state index is 12.3. The molecular formula is C21H27ClN2OS. The number of hydrogen-bond acceptors (Lipinski definition) is 3. The van der Waals surface area contributed by atoms with Crippen LogP contribution < -0.4 is 11.1 Å². The van der Waals surface area contributed by atoms with E-state index >= 15 is 0 Å². The van der Waals surface area contributed by atoms with Crippen molar-refractivity contribution in [1.82, 2.24) is 0 Å². The fourth-order valence-corrected chi connectivity index (χ4v) is 4.59. The van der Waals surface area contributed by atoms with Crippen LogP contribution in [0.2, 0.25) is 0 Å². The van der Waals surface area contributed by atoms with E-state index in [0.717, 1.165) is 22.1 Å². The van der Waals surface area contributed by atoms with E-state index in [2.05, 4.69) is 24.4 Å². The Hall–Kier alpha value is -1.65. The van der Waals surface area contributed by atoms with Crippen molar-refractivity contribution in [2.45, 2.75) is 55.6 Å². The number of anilines is 2. The van der Waals surface area contributed by atoms with Crippen LogP contribution in [0.25, 0.3) is 0 Å². The molecular weight excluding hydrogens is 364 g/mol. The molecule has 1 aliphatic carbocycles. The summed E-state index contributed by atoms with van der Waals surface area (Å²) < 4.78 is 0. The number of nitrogens with two attached hydrogens (primary N) is 1. The first-order valence-electron chi connectivity index (χ1n) is 9.02. The number of thioether (sulfide) groups is 1. The average molecular weight is 391 g/mol. The molecule has 2 aromatic carbocycles. The van der Waals surface area contributed by atoms with E-state index < -0.39 is 0 Å². The maximum Gasteiger partial charge on any atom is 0.228 e. The van der Waals surface area contributed by atoms with Gasteiger partial charge in [0.25, 0.3) is 0 Å². The summed E-state index contributed by atoms with van der Waals surface area (Å²) in [4.78, 5) is 13.6. The standard InChI is InChI=1S/C21H26N2OS.ClH/c1-15-13-19(25-18-5-3-2-4-6-18)11-12-20(15)23-21(24)14-16-7-9-17(22)10-8-16;/h7-13,18H,2-6,14,22H2,1H3,(H,23,24);1H. The fourth-order valence-electron chi connectivity index (χ4n) is 3.24. The molecule has 1 aliphatic rings. The van der Waals surface area contributed by atoms with Gasteiger partial charge in [-0.05, 0) is 61.2 Å². The third kappa shape index (κ3) is 5.96. The number of nitrogens with one attached hydrogen (secondary N) is 1. The van der Waals surface area contributed by atoms with Gasteiger partial charge in [-0.15, -0.1) is 24.2 Å². The molecule has 0 heterocycles. The van der Waals surface area contributed by atoms with E-state index in [9.17, 15) is 4.79 Å². The lowest BCUT2D eigenvalue weighted by molar-refractivity contribution is -0.115.